The summed E-state index contributed by atoms with van der Waals surface area (Å²) in [5, 5.41) is 2.18. The topological polar surface area (TPSA) is 75.7 Å². The van der Waals surface area contributed by atoms with Gasteiger partial charge >= 0.3 is 6.03 Å². The number of barbiturate groups is 1. The van der Waals surface area contributed by atoms with Crippen molar-refractivity contribution < 1.29 is 19.1 Å². The molecule has 0 aromatic heterocycles. The lowest BCUT2D eigenvalue weighted by molar-refractivity contribution is -0.146. The van der Waals surface area contributed by atoms with Gasteiger partial charge in [-0.25, -0.2) is 4.79 Å². The molecule has 16 heavy (non-hydrogen) atoms. The van der Waals surface area contributed by atoms with Gasteiger partial charge in [0.25, 0.3) is 0 Å². The van der Waals surface area contributed by atoms with Crippen molar-refractivity contribution >= 4 is 17.8 Å². The maximum atomic E-state index is 11.8. The molecule has 0 spiro atoms. The van der Waals surface area contributed by atoms with E-state index in [0.29, 0.717) is 12.8 Å². The number of hydrogen-bond donors (Lipinski definition) is 1. The van der Waals surface area contributed by atoms with E-state index in [4.69, 9.17) is 4.74 Å². The molecule has 1 aliphatic carbocycles. The Kier molecular flexibility index (Phi) is 2.67. The second kappa shape index (κ2) is 3.86. The molecular weight excluding hydrogens is 212 g/mol. The van der Waals surface area contributed by atoms with Crippen molar-refractivity contribution in [2.24, 2.45) is 5.92 Å². The molecule has 1 saturated heterocycles. The van der Waals surface area contributed by atoms with Crippen LogP contribution in [0.5, 0.6) is 0 Å². The summed E-state index contributed by atoms with van der Waals surface area (Å²) in [7, 11) is 1.60. The lowest BCUT2D eigenvalue weighted by Crippen LogP contribution is -2.63. The molecule has 88 valence electrons. The third kappa shape index (κ3) is 1.59. The van der Waals surface area contributed by atoms with Gasteiger partial charge in [-0.2, -0.15) is 0 Å². The van der Waals surface area contributed by atoms with Crippen LogP contribution in [0.15, 0.2) is 0 Å². The van der Waals surface area contributed by atoms with E-state index in [-0.39, 0.29) is 12.1 Å². The molecule has 4 amide bonds. The second-order valence-corrected chi connectivity index (χ2v) is 4.21. The van der Waals surface area contributed by atoms with Crippen LogP contribution in [-0.2, 0) is 14.3 Å². The quantitative estimate of drug-likeness (QED) is 0.666. The number of carbonyl (C=O) groups is 3. The Morgan fingerprint density at radius 3 is 2.50 bits per heavy atom. The summed E-state index contributed by atoms with van der Waals surface area (Å²) >= 11 is 0. The highest BCUT2D eigenvalue weighted by Gasteiger charge is 2.45. The van der Waals surface area contributed by atoms with E-state index in [1.54, 1.807) is 7.11 Å². The van der Waals surface area contributed by atoms with Gasteiger partial charge in [-0.3, -0.25) is 19.8 Å². The second-order valence-electron chi connectivity index (χ2n) is 4.21. The SMILES string of the molecule is COC1CC(N2C(=O)NC(=O)C(C)C2=O)C1. The molecule has 1 saturated carbocycles. The van der Waals surface area contributed by atoms with Crippen molar-refractivity contribution in [3.8, 4) is 0 Å². The highest BCUT2D eigenvalue weighted by Crippen LogP contribution is 2.30. The molecule has 2 fully saturated rings. The van der Waals surface area contributed by atoms with Crippen molar-refractivity contribution in [3.05, 3.63) is 0 Å². The molecule has 6 nitrogen and oxygen atoms in total. The van der Waals surface area contributed by atoms with Gasteiger partial charge in [-0.05, 0) is 19.8 Å². The van der Waals surface area contributed by atoms with E-state index >= 15 is 0 Å². The third-order valence-electron chi connectivity index (χ3n) is 3.22. The number of rotatable bonds is 2. The standard InChI is InChI=1S/C10H14N2O4/c1-5-8(13)11-10(15)12(9(5)14)6-3-7(4-6)16-2/h5-7H,3-4H2,1-2H3,(H,11,13,15). The van der Waals surface area contributed by atoms with Crippen LogP contribution in [0.25, 0.3) is 0 Å². The highest BCUT2D eigenvalue weighted by atomic mass is 16.5. The van der Waals surface area contributed by atoms with Crippen molar-refractivity contribution in [3.63, 3.8) is 0 Å². The van der Waals surface area contributed by atoms with E-state index in [1.165, 1.54) is 6.92 Å². The van der Waals surface area contributed by atoms with Gasteiger partial charge in [0.2, 0.25) is 11.8 Å². The van der Waals surface area contributed by atoms with Gasteiger partial charge in [0.05, 0.1) is 6.10 Å². The predicted molar refractivity (Wildman–Crippen MR) is 53.4 cm³/mol. The van der Waals surface area contributed by atoms with Crippen LogP contribution in [0.4, 0.5) is 4.79 Å². The summed E-state index contributed by atoms with van der Waals surface area (Å²) in [6.45, 7) is 1.50. The van der Waals surface area contributed by atoms with Crippen LogP contribution in [-0.4, -0.2) is 42.0 Å². The Labute approximate surface area is 92.9 Å². The summed E-state index contributed by atoms with van der Waals surface area (Å²) in [6.07, 6.45) is 1.41. The Balaban J connectivity index is 2.07. The average Bonchev–Trinajstić information content (AvgIpc) is 2.18. The maximum Gasteiger partial charge on any atom is 0.331 e. The first-order valence-electron chi connectivity index (χ1n) is 5.25. The molecule has 1 heterocycles. The van der Waals surface area contributed by atoms with Gasteiger partial charge < -0.3 is 4.74 Å². The number of nitrogens with one attached hydrogen (secondary N) is 1. The smallest absolute Gasteiger partial charge is 0.331 e. The Bertz CT molecular complexity index is 349. The number of carbonyl (C=O) groups excluding carboxylic acids is 3. The molecule has 0 aromatic rings. The van der Waals surface area contributed by atoms with Crippen LogP contribution >= 0.6 is 0 Å². The van der Waals surface area contributed by atoms with E-state index in [2.05, 4.69) is 5.32 Å². The minimum absolute atomic E-state index is 0.110. The summed E-state index contributed by atoms with van der Waals surface area (Å²) in [5.74, 6) is -1.71. The Hall–Kier alpha value is -1.43. The number of nitrogens with zero attached hydrogens (tertiary/aromatic N) is 1. The number of hydrogen-bond acceptors (Lipinski definition) is 4. The first-order valence-corrected chi connectivity index (χ1v) is 5.25. The van der Waals surface area contributed by atoms with Gasteiger partial charge in [0, 0.05) is 13.2 Å². The minimum Gasteiger partial charge on any atom is -0.381 e. The third-order valence-corrected chi connectivity index (χ3v) is 3.22. The van der Waals surface area contributed by atoms with Crippen LogP contribution in [0.1, 0.15) is 19.8 Å². The largest absolute Gasteiger partial charge is 0.381 e. The molecule has 1 N–H and O–H groups in total. The number of urea groups is 1. The lowest BCUT2D eigenvalue weighted by Gasteiger charge is -2.42. The zero-order valence-electron chi connectivity index (χ0n) is 9.23. The highest BCUT2D eigenvalue weighted by molar-refractivity contribution is 6.16. The van der Waals surface area contributed by atoms with Crippen molar-refractivity contribution in [2.45, 2.75) is 31.9 Å². The van der Waals surface area contributed by atoms with Gasteiger partial charge in [-0.15, -0.1) is 0 Å². The summed E-state index contributed by atoms with van der Waals surface area (Å²) < 4.78 is 5.09. The fourth-order valence-corrected chi connectivity index (χ4v) is 1.98. The molecule has 0 aromatic carbocycles. The molecule has 2 aliphatic rings. The molecular formula is C10H14N2O4. The molecule has 1 unspecified atom stereocenters. The minimum atomic E-state index is -0.778. The Morgan fingerprint density at radius 2 is 1.94 bits per heavy atom. The first-order chi connectivity index (χ1) is 7.54. The van der Waals surface area contributed by atoms with E-state index in [9.17, 15) is 14.4 Å². The molecule has 2 rings (SSSR count). The fourth-order valence-electron chi connectivity index (χ4n) is 1.98. The van der Waals surface area contributed by atoms with Crippen molar-refractivity contribution in [1.82, 2.24) is 10.2 Å². The fraction of sp³-hybridized carbons (Fsp3) is 0.700. The molecule has 0 bridgehead atoms. The summed E-state index contributed by atoms with van der Waals surface area (Å²) in [5.41, 5.74) is 0. The zero-order chi connectivity index (χ0) is 11.9. The van der Waals surface area contributed by atoms with Gasteiger partial charge in [0.15, 0.2) is 0 Å². The molecule has 6 heteroatoms. The zero-order valence-corrected chi connectivity index (χ0v) is 9.23. The first kappa shape index (κ1) is 11.1. The van der Waals surface area contributed by atoms with Crippen molar-refractivity contribution in [2.75, 3.05) is 7.11 Å². The van der Waals surface area contributed by atoms with E-state index in [1.807, 2.05) is 0 Å². The van der Waals surface area contributed by atoms with Crippen LogP contribution in [0.3, 0.4) is 0 Å². The number of methoxy groups -OCH3 is 1. The number of ether oxygens (including phenoxy) is 1. The predicted octanol–water partition coefficient (Wildman–Crippen LogP) is -0.122. The van der Waals surface area contributed by atoms with Gasteiger partial charge in [-0.1, -0.05) is 0 Å². The molecule has 1 aliphatic heterocycles. The molecule has 0 radical (unpaired) electrons. The van der Waals surface area contributed by atoms with Crippen LogP contribution in [0, 0.1) is 5.92 Å². The van der Waals surface area contributed by atoms with Crippen LogP contribution < -0.4 is 5.32 Å². The normalized spacial score (nSPS) is 34.8. The summed E-state index contributed by atoms with van der Waals surface area (Å²) in [6, 6.07) is -0.736. The van der Waals surface area contributed by atoms with E-state index in [0.717, 1.165) is 4.90 Å². The monoisotopic (exact) mass is 226 g/mol. The van der Waals surface area contributed by atoms with E-state index < -0.39 is 23.8 Å². The summed E-state index contributed by atoms with van der Waals surface area (Å²) in [4.78, 5) is 35.7. The number of amides is 4. The van der Waals surface area contributed by atoms with Crippen LogP contribution in [0.2, 0.25) is 0 Å². The number of imide groups is 2. The average molecular weight is 226 g/mol. The molecule has 1 atom stereocenters. The van der Waals surface area contributed by atoms with Gasteiger partial charge in [0.1, 0.15) is 5.92 Å². The van der Waals surface area contributed by atoms with Crippen molar-refractivity contribution in [1.29, 1.82) is 0 Å². The maximum absolute atomic E-state index is 11.8. The Morgan fingerprint density at radius 1 is 1.31 bits per heavy atom. The lowest BCUT2D eigenvalue weighted by atomic mass is 9.86.